The number of benzene rings is 3. The largest absolute Gasteiger partial charge is 0.508 e. The van der Waals surface area contributed by atoms with Gasteiger partial charge in [-0.3, -0.25) is 0 Å². The number of nitrogens with two attached hydrogens (primary N) is 1. The zero-order chi connectivity index (χ0) is 26.5. The maximum absolute atomic E-state index is 12.5. The van der Waals surface area contributed by atoms with E-state index in [1.807, 2.05) is 25.1 Å². The van der Waals surface area contributed by atoms with Gasteiger partial charge in [0.1, 0.15) is 30.0 Å². The Labute approximate surface area is 231 Å². The van der Waals surface area contributed by atoms with Gasteiger partial charge in [0, 0.05) is 22.7 Å². The van der Waals surface area contributed by atoms with Crippen molar-refractivity contribution in [1.29, 1.82) is 0 Å². The summed E-state index contributed by atoms with van der Waals surface area (Å²) in [5.74, 6) is 0.612. The lowest BCUT2D eigenvalue weighted by atomic mass is 10.1. The number of ether oxygens (including phenoxy) is 3. The number of anilines is 3. The van der Waals surface area contributed by atoms with Crippen molar-refractivity contribution in [3.05, 3.63) is 92.2 Å². The van der Waals surface area contributed by atoms with E-state index in [2.05, 4.69) is 21.2 Å². The molecule has 0 aliphatic rings. The second-order valence-electron chi connectivity index (χ2n) is 8.03. The quantitative estimate of drug-likeness (QED) is 0.133. The molecule has 4 N–H and O–H groups in total. The first kappa shape index (κ1) is 26.7. The van der Waals surface area contributed by atoms with Crippen LogP contribution < -0.4 is 20.5 Å². The highest BCUT2D eigenvalue weighted by atomic mass is 79.9. The lowest BCUT2D eigenvalue weighted by molar-refractivity contribution is 0.0600. The Morgan fingerprint density at radius 1 is 1.14 bits per heavy atom. The number of rotatable bonds is 9. The summed E-state index contributed by atoms with van der Waals surface area (Å²) in [4.78, 5) is 12.8. The third-order valence-electron chi connectivity index (χ3n) is 5.41. The highest BCUT2D eigenvalue weighted by Crippen LogP contribution is 2.41. The first-order valence-corrected chi connectivity index (χ1v) is 13.1. The van der Waals surface area contributed by atoms with Gasteiger partial charge in [-0.1, -0.05) is 41.9 Å². The van der Waals surface area contributed by atoms with Crippen LogP contribution in [-0.4, -0.2) is 18.2 Å². The van der Waals surface area contributed by atoms with Crippen molar-refractivity contribution in [1.82, 2.24) is 0 Å². The summed E-state index contributed by atoms with van der Waals surface area (Å²) in [5, 5.41) is 13.9. The van der Waals surface area contributed by atoms with E-state index in [9.17, 15) is 9.90 Å². The molecule has 3 aromatic carbocycles. The first-order valence-electron chi connectivity index (χ1n) is 11.1. The van der Waals surface area contributed by atoms with Gasteiger partial charge in [-0.05, 0) is 52.7 Å². The lowest BCUT2D eigenvalue weighted by Crippen LogP contribution is -2.07. The fourth-order valence-corrected chi connectivity index (χ4v) is 5.18. The summed E-state index contributed by atoms with van der Waals surface area (Å²) in [6, 6.07) is 19.4. The zero-order valence-electron chi connectivity index (χ0n) is 20.0. The summed E-state index contributed by atoms with van der Waals surface area (Å²) in [6.45, 7) is 2.16. The Hall–Kier alpha value is -3.40. The molecule has 0 saturated heterocycles. The van der Waals surface area contributed by atoms with Crippen LogP contribution in [0.3, 0.4) is 0 Å². The molecule has 4 rings (SSSR count). The second-order valence-corrected chi connectivity index (χ2v) is 10.3. The predicted molar refractivity (Wildman–Crippen MR) is 150 cm³/mol. The number of esters is 1. The van der Waals surface area contributed by atoms with Gasteiger partial charge < -0.3 is 30.4 Å². The standard InChI is InChI=1S/C27H24BrClN2O5S/c1-15(18-5-3-4-6-20(18)29)36-24-13-25(37-26(24)27(33)34-2)31-22-12-23(19(28)11-21(22)30)35-14-16-7-9-17(32)10-8-16/h3-13,15,31-32H,14,30H2,1-2H3/t15-/m1/s1. The number of phenolic OH excluding ortho intramolecular Hbond substituents is 1. The number of hydrogen-bond donors (Lipinski definition) is 3. The molecule has 0 bridgehead atoms. The van der Waals surface area contributed by atoms with Gasteiger partial charge in [0.05, 0.1) is 28.0 Å². The molecular formula is C27H24BrClN2O5S. The van der Waals surface area contributed by atoms with Crippen molar-refractivity contribution in [2.24, 2.45) is 0 Å². The van der Waals surface area contributed by atoms with E-state index in [1.54, 1.807) is 48.5 Å². The fraction of sp³-hybridized carbons (Fsp3) is 0.148. The second kappa shape index (κ2) is 11.8. The van der Waals surface area contributed by atoms with Gasteiger partial charge >= 0.3 is 5.97 Å². The molecule has 0 spiro atoms. The Morgan fingerprint density at radius 2 is 1.86 bits per heavy atom. The summed E-state index contributed by atoms with van der Waals surface area (Å²) in [7, 11) is 1.32. The van der Waals surface area contributed by atoms with Crippen LogP contribution in [0.1, 0.15) is 33.8 Å². The minimum atomic E-state index is -0.513. The van der Waals surface area contributed by atoms with Gasteiger partial charge in [-0.25, -0.2) is 4.79 Å². The smallest absolute Gasteiger partial charge is 0.351 e. The summed E-state index contributed by atoms with van der Waals surface area (Å²) < 4.78 is 17.7. The minimum absolute atomic E-state index is 0.191. The fourth-order valence-electron chi connectivity index (χ4n) is 3.49. The molecule has 0 radical (unpaired) electrons. The van der Waals surface area contributed by atoms with E-state index in [0.29, 0.717) is 48.9 Å². The van der Waals surface area contributed by atoms with E-state index in [-0.39, 0.29) is 5.75 Å². The normalized spacial score (nSPS) is 11.6. The molecule has 0 aliphatic heterocycles. The van der Waals surface area contributed by atoms with Crippen molar-refractivity contribution in [2.45, 2.75) is 19.6 Å². The minimum Gasteiger partial charge on any atom is -0.508 e. The van der Waals surface area contributed by atoms with Crippen LogP contribution in [0.2, 0.25) is 5.02 Å². The molecule has 10 heteroatoms. The molecule has 0 amide bonds. The summed E-state index contributed by atoms with van der Waals surface area (Å²) >= 11 is 11.0. The Balaban J connectivity index is 1.57. The van der Waals surface area contributed by atoms with Crippen LogP contribution in [0.5, 0.6) is 17.2 Å². The molecule has 37 heavy (non-hydrogen) atoms. The summed E-state index contributed by atoms with van der Waals surface area (Å²) in [5.41, 5.74) is 9.02. The molecule has 1 heterocycles. The topological polar surface area (TPSA) is 103 Å². The number of nitrogen functional groups attached to an aromatic ring is 1. The third-order valence-corrected chi connectivity index (χ3v) is 7.38. The SMILES string of the molecule is COC(=O)c1sc(Nc2cc(OCc3ccc(O)cc3)c(Br)cc2N)cc1O[C@H](C)c1ccccc1Cl. The van der Waals surface area contributed by atoms with Crippen molar-refractivity contribution >= 4 is 61.2 Å². The van der Waals surface area contributed by atoms with Crippen LogP contribution >= 0.6 is 38.9 Å². The number of thiophene rings is 1. The van der Waals surface area contributed by atoms with Crippen LogP contribution in [0.15, 0.2) is 71.2 Å². The number of hydrogen-bond acceptors (Lipinski definition) is 8. The Morgan fingerprint density at radius 3 is 2.57 bits per heavy atom. The lowest BCUT2D eigenvalue weighted by Gasteiger charge is -2.16. The maximum atomic E-state index is 12.5. The van der Waals surface area contributed by atoms with E-state index in [0.717, 1.165) is 11.1 Å². The molecule has 4 aromatic rings. The number of aromatic hydroxyl groups is 1. The average molecular weight is 604 g/mol. The molecule has 0 aliphatic carbocycles. The molecule has 0 fully saturated rings. The number of phenols is 1. The van der Waals surface area contributed by atoms with Crippen molar-refractivity contribution in [3.8, 4) is 17.2 Å². The van der Waals surface area contributed by atoms with Crippen molar-refractivity contribution < 1.29 is 24.1 Å². The van der Waals surface area contributed by atoms with E-state index in [4.69, 9.17) is 31.5 Å². The third kappa shape index (κ3) is 6.49. The molecular weight excluding hydrogens is 580 g/mol. The average Bonchev–Trinajstić information content (AvgIpc) is 3.27. The molecule has 1 aromatic heterocycles. The molecule has 192 valence electrons. The molecule has 0 unspecified atom stereocenters. The number of carbonyl (C=O) groups is 1. The van der Waals surface area contributed by atoms with Gasteiger partial charge in [-0.2, -0.15) is 0 Å². The van der Waals surface area contributed by atoms with Crippen molar-refractivity contribution in [3.63, 3.8) is 0 Å². The van der Waals surface area contributed by atoms with Gasteiger partial charge in [0.25, 0.3) is 0 Å². The molecule has 1 atom stereocenters. The number of nitrogens with one attached hydrogen (secondary N) is 1. The Kier molecular flexibility index (Phi) is 8.48. The van der Waals surface area contributed by atoms with Crippen LogP contribution in [0.4, 0.5) is 16.4 Å². The van der Waals surface area contributed by atoms with E-state index in [1.165, 1.54) is 18.4 Å². The van der Waals surface area contributed by atoms with Crippen LogP contribution in [0.25, 0.3) is 0 Å². The van der Waals surface area contributed by atoms with Crippen LogP contribution in [0, 0.1) is 0 Å². The predicted octanol–water partition coefficient (Wildman–Crippen LogP) is 7.70. The maximum Gasteiger partial charge on any atom is 0.351 e. The monoisotopic (exact) mass is 602 g/mol. The molecule has 7 nitrogen and oxygen atoms in total. The number of carbonyl (C=O) groups excluding carboxylic acids is 1. The van der Waals surface area contributed by atoms with E-state index >= 15 is 0 Å². The van der Waals surface area contributed by atoms with Gasteiger partial charge in [-0.15, -0.1) is 11.3 Å². The molecule has 0 saturated carbocycles. The summed E-state index contributed by atoms with van der Waals surface area (Å²) in [6.07, 6.45) is -0.405. The van der Waals surface area contributed by atoms with Crippen LogP contribution in [-0.2, 0) is 11.3 Å². The van der Waals surface area contributed by atoms with Gasteiger partial charge in [0.2, 0.25) is 0 Å². The van der Waals surface area contributed by atoms with E-state index < -0.39 is 12.1 Å². The highest BCUT2D eigenvalue weighted by molar-refractivity contribution is 9.10. The number of halogens is 2. The van der Waals surface area contributed by atoms with Gasteiger partial charge in [0.15, 0.2) is 4.88 Å². The van der Waals surface area contributed by atoms with Crippen molar-refractivity contribution in [2.75, 3.05) is 18.2 Å². The Bertz CT molecular complexity index is 1410. The zero-order valence-corrected chi connectivity index (χ0v) is 23.1. The number of methoxy groups -OCH3 is 1. The first-order chi connectivity index (χ1) is 17.7. The highest BCUT2D eigenvalue weighted by Gasteiger charge is 2.22.